The Balaban J connectivity index is 2.12. The van der Waals surface area contributed by atoms with Crippen molar-refractivity contribution in [3.8, 4) is 5.75 Å². The van der Waals surface area contributed by atoms with Crippen LogP contribution in [0, 0.1) is 5.82 Å². The number of nitrogens with two attached hydrogens (primary N) is 1. The Morgan fingerprint density at radius 2 is 2.00 bits per heavy atom. The first-order valence-corrected chi connectivity index (χ1v) is 6.82. The van der Waals surface area contributed by atoms with Crippen LogP contribution in [0.1, 0.15) is 11.1 Å². The lowest BCUT2D eigenvalue weighted by Gasteiger charge is -2.09. The van der Waals surface area contributed by atoms with Gasteiger partial charge in [-0.1, -0.05) is 33.6 Å². The molecule has 0 spiro atoms. The molecule has 2 N–H and O–H groups in total. The van der Waals surface area contributed by atoms with Gasteiger partial charge in [0.25, 0.3) is 0 Å². The minimum Gasteiger partial charge on any atom is -0.487 e. The van der Waals surface area contributed by atoms with Crippen LogP contribution in [0.15, 0.2) is 40.9 Å². The molecule has 0 aromatic heterocycles. The summed E-state index contributed by atoms with van der Waals surface area (Å²) in [5, 5.41) is 0.532. The van der Waals surface area contributed by atoms with Crippen molar-refractivity contribution in [2.24, 2.45) is 5.73 Å². The normalized spacial score (nSPS) is 10.5. The molecule has 100 valence electrons. The van der Waals surface area contributed by atoms with Crippen molar-refractivity contribution >= 4 is 27.5 Å². The predicted molar refractivity (Wildman–Crippen MR) is 77.8 cm³/mol. The van der Waals surface area contributed by atoms with Gasteiger partial charge in [-0.05, 0) is 35.9 Å². The van der Waals surface area contributed by atoms with Crippen LogP contribution in [0.25, 0.3) is 0 Å². The molecule has 0 atom stereocenters. The SMILES string of the molecule is NCc1cc(COc2cc(Br)ccc2Cl)ccc1F. The van der Waals surface area contributed by atoms with E-state index in [9.17, 15) is 4.39 Å². The van der Waals surface area contributed by atoms with E-state index in [4.69, 9.17) is 22.1 Å². The van der Waals surface area contributed by atoms with E-state index in [1.54, 1.807) is 24.3 Å². The molecule has 0 aliphatic carbocycles. The average Bonchev–Trinajstić information content (AvgIpc) is 2.41. The first kappa shape index (κ1) is 14.3. The fraction of sp³-hybridized carbons (Fsp3) is 0.143. The Kier molecular flexibility index (Phi) is 4.80. The summed E-state index contributed by atoms with van der Waals surface area (Å²) in [7, 11) is 0. The molecule has 0 bridgehead atoms. The van der Waals surface area contributed by atoms with Crippen LogP contribution in [0.4, 0.5) is 4.39 Å². The third kappa shape index (κ3) is 3.69. The molecule has 0 heterocycles. The number of hydrogen-bond acceptors (Lipinski definition) is 2. The molecule has 0 saturated heterocycles. The van der Waals surface area contributed by atoms with Crippen molar-refractivity contribution in [2.45, 2.75) is 13.2 Å². The predicted octanol–water partition coefficient (Wildman–Crippen LogP) is 4.28. The van der Waals surface area contributed by atoms with E-state index in [0.29, 0.717) is 22.9 Å². The number of rotatable bonds is 4. The van der Waals surface area contributed by atoms with E-state index in [0.717, 1.165) is 10.0 Å². The Morgan fingerprint density at radius 1 is 1.21 bits per heavy atom. The fourth-order valence-electron chi connectivity index (χ4n) is 1.62. The highest BCUT2D eigenvalue weighted by Crippen LogP contribution is 2.28. The van der Waals surface area contributed by atoms with Crippen molar-refractivity contribution in [3.05, 3.63) is 62.8 Å². The van der Waals surface area contributed by atoms with Crippen molar-refractivity contribution in [2.75, 3.05) is 0 Å². The molecule has 2 nitrogen and oxygen atoms in total. The molecule has 0 unspecified atom stereocenters. The van der Waals surface area contributed by atoms with Gasteiger partial charge in [-0.3, -0.25) is 0 Å². The van der Waals surface area contributed by atoms with Crippen molar-refractivity contribution < 1.29 is 9.13 Å². The summed E-state index contributed by atoms with van der Waals surface area (Å²) in [5.74, 6) is 0.279. The van der Waals surface area contributed by atoms with Gasteiger partial charge in [0.1, 0.15) is 18.2 Å². The van der Waals surface area contributed by atoms with E-state index in [1.807, 2.05) is 6.07 Å². The zero-order chi connectivity index (χ0) is 13.8. The summed E-state index contributed by atoms with van der Waals surface area (Å²) < 4.78 is 19.8. The van der Waals surface area contributed by atoms with Gasteiger partial charge in [0.15, 0.2) is 0 Å². The molecule has 2 aromatic rings. The second-order valence-corrected chi connectivity index (χ2v) is 5.32. The Labute approximate surface area is 124 Å². The molecule has 2 rings (SSSR count). The summed E-state index contributed by atoms with van der Waals surface area (Å²) in [6.07, 6.45) is 0. The number of halogens is 3. The zero-order valence-electron chi connectivity index (χ0n) is 10.00. The van der Waals surface area contributed by atoms with E-state index >= 15 is 0 Å². The lowest BCUT2D eigenvalue weighted by atomic mass is 10.1. The van der Waals surface area contributed by atoms with Crippen LogP contribution >= 0.6 is 27.5 Å². The van der Waals surface area contributed by atoms with Crippen molar-refractivity contribution in [1.82, 2.24) is 0 Å². The first-order chi connectivity index (χ1) is 9.10. The average molecular weight is 345 g/mol. The number of benzene rings is 2. The van der Waals surface area contributed by atoms with Gasteiger partial charge in [0.05, 0.1) is 5.02 Å². The van der Waals surface area contributed by atoms with Gasteiger partial charge in [0, 0.05) is 16.6 Å². The van der Waals surface area contributed by atoms with E-state index in [1.165, 1.54) is 6.07 Å². The molecule has 0 radical (unpaired) electrons. The standard InChI is InChI=1S/C14H12BrClFNO/c15-11-2-3-12(16)14(6-11)19-8-9-1-4-13(17)10(5-9)7-18/h1-6H,7-8,18H2. The minimum atomic E-state index is -0.299. The first-order valence-electron chi connectivity index (χ1n) is 5.65. The lowest BCUT2D eigenvalue weighted by Crippen LogP contribution is -2.03. The van der Waals surface area contributed by atoms with Gasteiger partial charge in [-0.25, -0.2) is 4.39 Å². The van der Waals surface area contributed by atoms with Crippen molar-refractivity contribution in [3.63, 3.8) is 0 Å². The van der Waals surface area contributed by atoms with Crippen molar-refractivity contribution in [1.29, 1.82) is 0 Å². The number of ether oxygens (including phenoxy) is 1. The van der Waals surface area contributed by atoms with Crippen LogP contribution in [-0.2, 0) is 13.2 Å². The van der Waals surface area contributed by atoms with Crippen LogP contribution < -0.4 is 10.5 Å². The molecular weight excluding hydrogens is 333 g/mol. The fourth-order valence-corrected chi connectivity index (χ4v) is 2.14. The third-order valence-corrected chi connectivity index (χ3v) is 3.42. The summed E-state index contributed by atoms with van der Waals surface area (Å²) in [5.41, 5.74) is 6.78. The van der Waals surface area contributed by atoms with Gasteiger partial charge in [-0.2, -0.15) is 0 Å². The monoisotopic (exact) mass is 343 g/mol. The summed E-state index contributed by atoms with van der Waals surface area (Å²) in [6, 6.07) is 10.1. The summed E-state index contributed by atoms with van der Waals surface area (Å²) in [4.78, 5) is 0. The molecule has 19 heavy (non-hydrogen) atoms. The maximum Gasteiger partial charge on any atom is 0.139 e. The topological polar surface area (TPSA) is 35.2 Å². The van der Waals surface area contributed by atoms with Crippen LogP contribution in [0.3, 0.4) is 0 Å². The number of hydrogen-bond donors (Lipinski definition) is 1. The van der Waals surface area contributed by atoms with Gasteiger partial charge < -0.3 is 10.5 Å². The second-order valence-electron chi connectivity index (χ2n) is 3.99. The smallest absolute Gasteiger partial charge is 0.139 e. The van der Waals surface area contributed by atoms with Gasteiger partial charge in [-0.15, -0.1) is 0 Å². The quantitative estimate of drug-likeness (QED) is 0.898. The van der Waals surface area contributed by atoms with Gasteiger partial charge in [0.2, 0.25) is 0 Å². The van der Waals surface area contributed by atoms with Crippen LogP contribution in [0.5, 0.6) is 5.75 Å². The molecule has 5 heteroatoms. The molecular formula is C14H12BrClFNO. The molecule has 0 aliphatic rings. The van der Waals surface area contributed by atoms with Gasteiger partial charge >= 0.3 is 0 Å². The maximum atomic E-state index is 13.3. The summed E-state index contributed by atoms with van der Waals surface area (Å²) in [6.45, 7) is 0.473. The molecule has 0 saturated carbocycles. The molecule has 2 aromatic carbocycles. The zero-order valence-corrected chi connectivity index (χ0v) is 12.3. The van der Waals surface area contributed by atoms with E-state index < -0.39 is 0 Å². The minimum absolute atomic E-state index is 0.164. The highest BCUT2D eigenvalue weighted by Gasteiger charge is 2.05. The third-order valence-electron chi connectivity index (χ3n) is 2.62. The highest BCUT2D eigenvalue weighted by molar-refractivity contribution is 9.10. The molecule has 0 fully saturated rings. The molecule has 0 aliphatic heterocycles. The maximum absolute atomic E-state index is 13.3. The van der Waals surface area contributed by atoms with Crippen LogP contribution in [-0.4, -0.2) is 0 Å². The largest absolute Gasteiger partial charge is 0.487 e. The highest BCUT2D eigenvalue weighted by atomic mass is 79.9. The van der Waals surface area contributed by atoms with E-state index in [2.05, 4.69) is 15.9 Å². The second kappa shape index (κ2) is 6.37. The Bertz CT molecular complexity index is 592. The lowest BCUT2D eigenvalue weighted by molar-refractivity contribution is 0.306. The Morgan fingerprint density at radius 3 is 2.74 bits per heavy atom. The van der Waals surface area contributed by atoms with Crippen LogP contribution in [0.2, 0.25) is 5.02 Å². The Hall–Kier alpha value is -1.10. The molecule has 0 amide bonds. The van der Waals surface area contributed by atoms with E-state index in [-0.39, 0.29) is 12.4 Å². The summed E-state index contributed by atoms with van der Waals surface area (Å²) >= 11 is 9.37.